The lowest BCUT2D eigenvalue weighted by Gasteiger charge is -2.30. The van der Waals surface area contributed by atoms with Gasteiger partial charge in [-0.15, -0.1) is 0 Å². The third-order valence-corrected chi connectivity index (χ3v) is 6.01. The molecule has 6 heteroatoms. The van der Waals surface area contributed by atoms with Crippen LogP contribution in [0, 0.1) is 0 Å². The molecule has 0 aliphatic carbocycles. The van der Waals surface area contributed by atoms with Crippen molar-refractivity contribution < 1.29 is 9.53 Å². The van der Waals surface area contributed by atoms with Gasteiger partial charge in [0.25, 0.3) is 11.5 Å². The van der Waals surface area contributed by atoms with Gasteiger partial charge in [-0.25, -0.2) is 4.98 Å². The molecule has 1 atom stereocenters. The molecule has 0 bridgehead atoms. The Kier molecular flexibility index (Phi) is 7.07. The van der Waals surface area contributed by atoms with Crippen LogP contribution >= 0.6 is 0 Å². The lowest BCUT2D eigenvalue weighted by atomic mass is 10.1. The molecule has 3 aromatic carbocycles. The van der Waals surface area contributed by atoms with Crippen molar-refractivity contribution in [1.82, 2.24) is 14.5 Å². The van der Waals surface area contributed by atoms with E-state index in [1.54, 1.807) is 46.9 Å². The summed E-state index contributed by atoms with van der Waals surface area (Å²) in [7, 11) is 1.60. The molecule has 0 saturated carbocycles. The van der Waals surface area contributed by atoms with E-state index >= 15 is 0 Å². The molecule has 0 spiro atoms. The fourth-order valence-electron chi connectivity index (χ4n) is 4.10. The minimum absolute atomic E-state index is 0.106. The molecule has 0 aliphatic heterocycles. The van der Waals surface area contributed by atoms with E-state index in [1.165, 1.54) is 0 Å². The molecule has 4 rings (SSSR count). The predicted molar refractivity (Wildman–Crippen MR) is 135 cm³/mol. The van der Waals surface area contributed by atoms with Crippen LogP contribution in [0.25, 0.3) is 16.6 Å². The van der Waals surface area contributed by atoms with Crippen LogP contribution in [-0.4, -0.2) is 34.0 Å². The maximum atomic E-state index is 13.6. The van der Waals surface area contributed by atoms with Crippen LogP contribution in [0.15, 0.2) is 83.7 Å². The molecule has 1 amide bonds. The first-order valence-corrected chi connectivity index (χ1v) is 11.6. The monoisotopic (exact) mass is 455 g/mol. The van der Waals surface area contributed by atoms with E-state index in [0.717, 1.165) is 18.5 Å². The lowest BCUT2D eigenvalue weighted by Crippen LogP contribution is -2.38. The van der Waals surface area contributed by atoms with Gasteiger partial charge in [-0.3, -0.25) is 14.2 Å². The number of nitrogens with zero attached hydrogens (tertiary/aromatic N) is 3. The normalized spacial score (nSPS) is 11.9. The number of hydrogen-bond donors (Lipinski definition) is 0. The summed E-state index contributed by atoms with van der Waals surface area (Å²) in [6.07, 6.45) is 1.78. The molecule has 6 nitrogen and oxygen atoms in total. The number of fused-ring (bicyclic) bond motifs is 1. The van der Waals surface area contributed by atoms with Crippen LogP contribution in [0.5, 0.6) is 5.75 Å². The Morgan fingerprint density at radius 3 is 2.35 bits per heavy atom. The first-order chi connectivity index (χ1) is 16.5. The van der Waals surface area contributed by atoms with Crippen molar-refractivity contribution >= 4 is 16.8 Å². The van der Waals surface area contributed by atoms with E-state index < -0.39 is 6.04 Å². The topological polar surface area (TPSA) is 64.4 Å². The highest BCUT2D eigenvalue weighted by atomic mass is 16.5. The summed E-state index contributed by atoms with van der Waals surface area (Å²) in [6, 6.07) is 23.5. The Morgan fingerprint density at radius 2 is 1.68 bits per heavy atom. The highest BCUT2D eigenvalue weighted by Crippen LogP contribution is 2.25. The van der Waals surface area contributed by atoms with Crippen molar-refractivity contribution in [3.8, 4) is 11.4 Å². The molecule has 34 heavy (non-hydrogen) atoms. The summed E-state index contributed by atoms with van der Waals surface area (Å²) in [5.41, 5.74) is 1.76. The van der Waals surface area contributed by atoms with Gasteiger partial charge >= 0.3 is 0 Å². The maximum Gasteiger partial charge on any atom is 0.266 e. The van der Waals surface area contributed by atoms with Crippen LogP contribution in [0.1, 0.15) is 48.9 Å². The Morgan fingerprint density at radius 1 is 1.00 bits per heavy atom. The van der Waals surface area contributed by atoms with Crippen molar-refractivity contribution in [2.45, 2.75) is 32.7 Å². The smallest absolute Gasteiger partial charge is 0.266 e. The molecule has 1 heterocycles. The van der Waals surface area contributed by atoms with Crippen molar-refractivity contribution in [2.75, 3.05) is 13.7 Å². The van der Waals surface area contributed by atoms with Crippen molar-refractivity contribution in [2.24, 2.45) is 0 Å². The van der Waals surface area contributed by atoms with E-state index in [2.05, 4.69) is 6.92 Å². The predicted octanol–water partition coefficient (Wildman–Crippen LogP) is 5.40. The number of hydrogen-bond acceptors (Lipinski definition) is 4. The maximum absolute atomic E-state index is 13.6. The Hall–Kier alpha value is -3.93. The second kappa shape index (κ2) is 10.3. The second-order valence-corrected chi connectivity index (χ2v) is 8.22. The van der Waals surface area contributed by atoms with E-state index in [1.807, 2.05) is 55.5 Å². The summed E-state index contributed by atoms with van der Waals surface area (Å²) in [5.74, 6) is 1.12. The highest BCUT2D eigenvalue weighted by molar-refractivity contribution is 5.94. The minimum Gasteiger partial charge on any atom is -0.497 e. The van der Waals surface area contributed by atoms with Gasteiger partial charge in [-0.05, 0) is 61.9 Å². The molecule has 4 aromatic rings. The van der Waals surface area contributed by atoms with Crippen LogP contribution in [0.3, 0.4) is 0 Å². The number of carbonyl (C=O) groups excluding carboxylic acids is 1. The van der Waals surface area contributed by atoms with Gasteiger partial charge in [0.1, 0.15) is 11.6 Å². The number of methoxy groups -OCH3 is 1. The fraction of sp³-hybridized carbons (Fsp3) is 0.250. The van der Waals surface area contributed by atoms with Gasteiger partial charge in [0.05, 0.1) is 29.7 Å². The zero-order valence-corrected chi connectivity index (χ0v) is 19.8. The molecule has 0 N–H and O–H groups in total. The van der Waals surface area contributed by atoms with Crippen LogP contribution in [0.4, 0.5) is 0 Å². The van der Waals surface area contributed by atoms with Crippen molar-refractivity contribution in [3.05, 3.63) is 101 Å². The van der Waals surface area contributed by atoms with E-state index in [4.69, 9.17) is 9.72 Å². The van der Waals surface area contributed by atoms with Crippen molar-refractivity contribution in [1.29, 1.82) is 0 Å². The first kappa shape index (κ1) is 23.2. The molecule has 0 radical (unpaired) electrons. The number of rotatable bonds is 8. The van der Waals surface area contributed by atoms with Gasteiger partial charge in [0, 0.05) is 12.1 Å². The average molecular weight is 456 g/mol. The number of unbranched alkanes of at least 4 members (excludes halogenated alkanes) is 1. The lowest BCUT2D eigenvalue weighted by molar-refractivity contribution is 0.0678. The van der Waals surface area contributed by atoms with Crippen molar-refractivity contribution in [3.63, 3.8) is 0 Å². The van der Waals surface area contributed by atoms with Crippen LogP contribution in [0.2, 0.25) is 0 Å². The first-order valence-electron chi connectivity index (χ1n) is 11.6. The molecule has 0 fully saturated rings. The molecule has 0 aliphatic rings. The SMILES string of the molecule is CCCCN(C(=O)c1ccc(OC)cc1)C(C)c1nc2ccccc2c(=O)n1-c1ccccc1. The highest BCUT2D eigenvalue weighted by Gasteiger charge is 2.27. The van der Waals surface area contributed by atoms with Gasteiger partial charge in [0.15, 0.2) is 0 Å². The second-order valence-electron chi connectivity index (χ2n) is 8.22. The summed E-state index contributed by atoms with van der Waals surface area (Å²) in [5, 5.41) is 0.545. The van der Waals surface area contributed by atoms with Gasteiger partial charge < -0.3 is 9.64 Å². The number of benzene rings is 3. The largest absolute Gasteiger partial charge is 0.497 e. The standard InChI is InChI=1S/C28H29N3O3/c1-4-5-19-30(27(32)21-15-17-23(34-3)18-16-21)20(2)26-29-25-14-10-9-13-24(25)28(33)31(26)22-11-7-6-8-12-22/h6-18,20H,4-5,19H2,1-3H3. The summed E-state index contributed by atoms with van der Waals surface area (Å²) >= 11 is 0. The number of para-hydroxylation sites is 2. The average Bonchev–Trinajstić information content (AvgIpc) is 2.89. The third-order valence-electron chi connectivity index (χ3n) is 6.01. The molecule has 1 unspecified atom stereocenters. The Bertz CT molecular complexity index is 1330. The van der Waals surface area contributed by atoms with Gasteiger partial charge in [-0.2, -0.15) is 0 Å². The Labute approximate surface area is 199 Å². The molecular formula is C28H29N3O3. The van der Waals surface area contributed by atoms with Gasteiger partial charge in [0.2, 0.25) is 0 Å². The molecule has 1 aromatic heterocycles. The fourth-order valence-corrected chi connectivity index (χ4v) is 4.10. The molecular weight excluding hydrogens is 426 g/mol. The number of ether oxygens (including phenoxy) is 1. The number of carbonyl (C=O) groups is 1. The minimum atomic E-state index is -0.432. The Balaban J connectivity index is 1.85. The number of amides is 1. The molecule has 0 saturated heterocycles. The third kappa shape index (κ3) is 4.57. The quantitative estimate of drug-likeness (QED) is 0.357. The summed E-state index contributed by atoms with van der Waals surface area (Å²) in [4.78, 5) is 33.9. The number of aromatic nitrogens is 2. The van der Waals surface area contributed by atoms with Crippen LogP contribution < -0.4 is 10.3 Å². The van der Waals surface area contributed by atoms with Crippen LogP contribution in [-0.2, 0) is 0 Å². The zero-order valence-electron chi connectivity index (χ0n) is 19.8. The van der Waals surface area contributed by atoms with E-state index in [-0.39, 0.29) is 11.5 Å². The zero-order chi connectivity index (χ0) is 24.1. The molecule has 174 valence electrons. The summed E-state index contributed by atoms with van der Waals surface area (Å²) < 4.78 is 6.87. The van der Waals surface area contributed by atoms with E-state index in [9.17, 15) is 9.59 Å². The summed E-state index contributed by atoms with van der Waals surface area (Å²) in [6.45, 7) is 4.59. The van der Waals surface area contributed by atoms with E-state index in [0.29, 0.717) is 34.6 Å². The van der Waals surface area contributed by atoms with Gasteiger partial charge in [-0.1, -0.05) is 43.7 Å².